The van der Waals surface area contributed by atoms with Gasteiger partial charge in [0.05, 0.1) is 29.8 Å². The minimum absolute atomic E-state index is 0.200. The fourth-order valence-corrected chi connectivity index (χ4v) is 4.46. The molecule has 3 rings (SSSR count). The highest BCUT2D eigenvalue weighted by Gasteiger charge is 2.26. The fraction of sp³-hybridized carbons (Fsp3) is 0.417. The molecule has 1 saturated heterocycles. The topological polar surface area (TPSA) is 70.7 Å². The first-order chi connectivity index (χ1) is 16.0. The summed E-state index contributed by atoms with van der Waals surface area (Å²) < 4.78 is 19.4. The molecule has 0 aliphatic carbocycles. The van der Waals surface area contributed by atoms with Gasteiger partial charge in [-0.1, -0.05) is 35.9 Å². The van der Waals surface area contributed by atoms with Gasteiger partial charge < -0.3 is 15.4 Å². The summed E-state index contributed by atoms with van der Waals surface area (Å²) >= 11 is 7.74. The van der Waals surface area contributed by atoms with Crippen LogP contribution in [-0.4, -0.2) is 67.6 Å². The third kappa shape index (κ3) is 7.43. The molecule has 2 atom stereocenters. The Bertz CT molecular complexity index is 943. The number of nitrogens with one attached hydrogen (secondary N) is 2. The van der Waals surface area contributed by atoms with Crippen LogP contribution in [-0.2, 0) is 9.53 Å². The number of halogens is 2. The molecule has 178 valence electrons. The molecule has 0 bridgehead atoms. The van der Waals surface area contributed by atoms with Gasteiger partial charge in [0.1, 0.15) is 11.9 Å². The van der Waals surface area contributed by atoms with Crippen LogP contribution in [0.1, 0.15) is 28.4 Å². The van der Waals surface area contributed by atoms with Crippen LogP contribution in [0.4, 0.5) is 4.39 Å². The third-order valence-corrected chi connectivity index (χ3v) is 6.51. The van der Waals surface area contributed by atoms with E-state index in [1.807, 2.05) is 12.3 Å². The highest BCUT2D eigenvalue weighted by molar-refractivity contribution is 7.98. The maximum atomic E-state index is 13.9. The molecule has 1 heterocycles. The largest absolute Gasteiger partial charge is 0.379 e. The lowest BCUT2D eigenvalue weighted by Gasteiger charge is -2.35. The van der Waals surface area contributed by atoms with E-state index < -0.39 is 11.9 Å². The Labute approximate surface area is 203 Å². The number of amides is 2. The van der Waals surface area contributed by atoms with Crippen LogP contribution in [0.2, 0.25) is 5.02 Å². The van der Waals surface area contributed by atoms with Gasteiger partial charge in [-0.25, -0.2) is 4.39 Å². The molecule has 6 nitrogen and oxygen atoms in total. The second-order valence-electron chi connectivity index (χ2n) is 7.75. The summed E-state index contributed by atoms with van der Waals surface area (Å²) in [6, 6.07) is 12.3. The number of benzene rings is 2. The van der Waals surface area contributed by atoms with Crippen molar-refractivity contribution in [1.82, 2.24) is 15.5 Å². The van der Waals surface area contributed by atoms with Crippen molar-refractivity contribution in [3.8, 4) is 0 Å². The quantitative estimate of drug-likeness (QED) is 0.530. The minimum Gasteiger partial charge on any atom is -0.379 e. The van der Waals surface area contributed by atoms with Crippen LogP contribution in [0, 0.1) is 5.82 Å². The summed E-state index contributed by atoms with van der Waals surface area (Å²) in [4.78, 5) is 28.0. The number of nitrogens with zero attached hydrogens (tertiary/aromatic N) is 1. The number of hydrogen-bond acceptors (Lipinski definition) is 5. The van der Waals surface area contributed by atoms with Gasteiger partial charge in [-0.2, -0.15) is 11.8 Å². The summed E-state index contributed by atoms with van der Waals surface area (Å²) in [5.41, 5.74) is 1.12. The molecule has 0 spiro atoms. The van der Waals surface area contributed by atoms with Crippen LogP contribution in [0.3, 0.4) is 0 Å². The van der Waals surface area contributed by atoms with Crippen molar-refractivity contribution >= 4 is 35.2 Å². The van der Waals surface area contributed by atoms with E-state index in [0.717, 1.165) is 5.56 Å². The molecule has 0 radical (unpaired) electrons. The Balaban J connectivity index is 1.70. The van der Waals surface area contributed by atoms with Crippen molar-refractivity contribution in [2.75, 3.05) is 44.9 Å². The maximum absolute atomic E-state index is 13.9. The van der Waals surface area contributed by atoms with Crippen molar-refractivity contribution in [2.24, 2.45) is 0 Å². The molecule has 1 aliphatic heterocycles. The zero-order valence-electron chi connectivity index (χ0n) is 18.6. The zero-order chi connectivity index (χ0) is 23.6. The second-order valence-corrected chi connectivity index (χ2v) is 9.14. The summed E-state index contributed by atoms with van der Waals surface area (Å²) in [5.74, 6) is -0.282. The van der Waals surface area contributed by atoms with Crippen LogP contribution >= 0.6 is 23.4 Å². The number of rotatable bonds is 10. The number of thioether (sulfide) groups is 1. The standard InChI is InChI=1S/C24H29ClFN3O3S/c1-33-14-9-21(28-23(30)19-7-2-3-8-20(19)25)24(31)27-16-22(29-10-12-32-13-11-29)17-5-4-6-18(26)15-17/h2-8,15,21-22H,9-14,16H2,1H3,(H,27,31)(H,28,30). The average molecular weight is 494 g/mol. The summed E-state index contributed by atoms with van der Waals surface area (Å²) in [7, 11) is 0. The lowest BCUT2D eigenvalue weighted by atomic mass is 10.0. The van der Waals surface area contributed by atoms with Gasteiger partial charge in [-0.15, -0.1) is 0 Å². The van der Waals surface area contributed by atoms with E-state index in [9.17, 15) is 14.0 Å². The maximum Gasteiger partial charge on any atom is 0.253 e. The minimum atomic E-state index is -0.709. The highest BCUT2D eigenvalue weighted by Crippen LogP contribution is 2.22. The Kier molecular flexibility index (Phi) is 9.99. The van der Waals surface area contributed by atoms with E-state index in [0.29, 0.717) is 55.6 Å². The van der Waals surface area contributed by atoms with Gasteiger partial charge in [0, 0.05) is 19.6 Å². The van der Waals surface area contributed by atoms with Gasteiger partial charge in [-0.3, -0.25) is 14.5 Å². The molecule has 2 aromatic carbocycles. The monoisotopic (exact) mass is 493 g/mol. The van der Waals surface area contributed by atoms with Gasteiger partial charge in [0.15, 0.2) is 0 Å². The van der Waals surface area contributed by atoms with Crippen molar-refractivity contribution in [3.05, 3.63) is 70.5 Å². The molecular formula is C24H29ClFN3O3S. The van der Waals surface area contributed by atoms with Crippen LogP contribution in [0.25, 0.3) is 0 Å². The normalized spacial score (nSPS) is 16.1. The molecule has 2 N–H and O–H groups in total. The Hall–Kier alpha value is -2.13. The van der Waals surface area contributed by atoms with Gasteiger partial charge in [0.2, 0.25) is 5.91 Å². The van der Waals surface area contributed by atoms with Crippen molar-refractivity contribution in [1.29, 1.82) is 0 Å². The first-order valence-electron chi connectivity index (χ1n) is 10.9. The molecule has 0 aromatic heterocycles. The van der Waals surface area contributed by atoms with Gasteiger partial charge in [-0.05, 0) is 48.3 Å². The number of morpholine rings is 1. The van der Waals surface area contributed by atoms with E-state index in [1.165, 1.54) is 12.1 Å². The van der Waals surface area contributed by atoms with E-state index >= 15 is 0 Å². The van der Waals surface area contributed by atoms with Crippen molar-refractivity contribution < 1.29 is 18.7 Å². The van der Waals surface area contributed by atoms with Crippen molar-refractivity contribution in [3.63, 3.8) is 0 Å². The summed E-state index contributed by atoms with van der Waals surface area (Å²) in [6.07, 6.45) is 2.43. The summed E-state index contributed by atoms with van der Waals surface area (Å²) in [6.45, 7) is 2.85. The molecule has 1 aliphatic rings. The molecule has 1 fully saturated rings. The SMILES string of the molecule is CSCCC(NC(=O)c1ccccc1Cl)C(=O)NCC(c1cccc(F)c1)N1CCOCC1. The van der Waals surface area contributed by atoms with Gasteiger partial charge >= 0.3 is 0 Å². The molecule has 2 unspecified atom stereocenters. The first-order valence-corrected chi connectivity index (χ1v) is 12.7. The molecular weight excluding hydrogens is 465 g/mol. The van der Waals surface area contributed by atoms with Crippen molar-refractivity contribution in [2.45, 2.75) is 18.5 Å². The van der Waals surface area contributed by atoms with E-state index in [2.05, 4.69) is 15.5 Å². The Morgan fingerprint density at radius 1 is 1.18 bits per heavy atom. The molecule has 2 amide bonds. The predicted octanol–water partition coefficient (Wildman–Crippen LogP) is 3.52. The summed E-state index contributed by atoms with van der Waals surface area (Å²) in [5, 5.41) is 6.13. The van der Waals surface area contributed by atoms with E-state index in [-0.39, 0.29) is 17.8 Å². The lowest BCUT2D eigenvalue weighted by molar-refractivity contribution is -0.123. The smallest absolute Gasteiger partial charge is 0.253 e. The van der Waals surface area contributed by atoms with E-state index in [4.69, 9.17) is 16.3 Å². The average Bonchev–Trinajstić information content (AvgIpc) is 2.82. The molecule has 0 saturated carbocycles. The first kappa shape index (κ1) is 25.5. The number of hydrogen-bond donors (Lipinski definition) is 2. The Morgan fingerprint density at radius 2 is 1.94 bits per heavy atom. The second kappa shape index (κ2) is 12.9. The predicted molar refractivity (Wildman–Crippen MR) is 130 cm³/mol. The molecule has 9 heteroatoms. The van der Waals surface area contributed by atoms with Crippen LogP contribution in [0.15, 0.2) is 48.5 Å². The number of carbonyl (C=O) groups is 2. The molecule has 2 aromatic rings. The highest BCUT2D eigenvalue weighted by atomic mass is 35.5. The zero-order valence-corrected chi connectivity index (χ0v) is 20.1. The number of ether oxygens (including phenoxy) is 1. The lowest BCUT2D eigenvalue weighted by Crippen LogP contribution is -2.50. The van der Waals surface area contributed by atoms with Crippen LogP contribution in [0.5, 0.6) is 0 Å². The van der Waals surface area contributed by atoms with E-state index in [1.54, 1.807) is 42.1 Å². The third-order valence-electron chi connectivity index (χ3n) is 5.54. The van der Waals surface area contributed by atoms with Gasteiger partial charge in [0.25, 0.3) is 5.91 Å². The Morgan fingerprint density at radius 3 is 2.64 bits per heavy atom. The number of carbonyl (C=O) groups excluding carboxylic acids is 2. The van der Waals surface area contributed by atoms with Crippen LogP contribution < -0.4 is 10.6 Å². The molecule has 33 heavy (non-hydrogen) atoms. The fourth-order valence-electron chi connectivity index (χ4n) is 3.77.